The summed E-state index contributed by atoms with van der Waals surface area (Å²) >= 11 is 1.94. The van der Waals surface area contributed by atoms with Gasteiger partial charge in [0.2, 0.25) is 5.91 Å². The Morgan fingerprint density at radius 2 is 2.04 bits per heavy atom. The number of carbonyl (C=O) groups is 1. The maximum atomic E-state index is 13.2. The van der Waals surface area contributed by atoms with Crippen LogP contribution >= 0.6 is 24.2 Å². The predicted octanol–water partition coefficient (Wildman–Crippen LogP) is 3.89. The third-order valence-corrected chi connectivity index (χ3v) is 7.81. The van der Waals surface area contributed by atoms with Crippen LogP contribution in [0.5, 0.6) is 0 Å². The molecule has 2 heterocycles. The van der Waals surface area contributed by atoms with Crippen molar-refractivity contribution in [1.82, 2.24) is 4.90 Å². The SMILES string of the molecule is CN(C(=O)C1CSC23C=CC=CC2=NCCC13)C1CCCCC1.Cl. The molecule has 0 N–H and O–H groups in total. The molecule has 132 valence electrons. The molecule has 2 aliphatic carbocycles. The van der Waals surface area contributed by atoms with Gasteiger partial charge < -0.3 is 4.90 Å². The molecule has 4 aliphatic rings. The highest BCUT2D eigenvalue weighted by atomic mass is 35.5. The largest absolute Gasteiger partial charge is 0.343 e. The Morgan fingerprint density at radius 3 is 2.83 bits per heavy atom. The van der Waals surface area contributed by atoms with E-state index in [1.807, 2.05) is 18.8 Å². The Bertz CT molecular complexity index is 582. The normalized spacial score (nSPS) is 34.8. The molecule has 1 amide bonds. The Morgan fingerprint density at radius 1 is 1.25 bits per heavy atom. The zero-order chi connectivity index (χ0) is 15.9. The third kappa shape index (κ3) is 2.86. The smallest absolute Gasteiger partial charge is 0.226 e. The monoisotopic (exact) mass is 366 g/mol. The summed E-state index contributed by atoms with van der Waals surface area (Å²) in [6.07, 6.45) is 16.0. The number of thioether (sulfide) groups is 1. The highest BCUT2D eigenvalue weighted by molar-refractivity contribution is 8.02. The summed E-state index contributed by atoms with van der Waals surface area (Å²) in [5, 5.41) is 0. The summed E-state index contributed by atoms with van der Waals surface area (Å²) in [6.45, 7) is 0.872. The predicted molar refractivity (Wildman–Crippen MR) is 104 cm³/mol. The second-order valence-corrected chi connectivity index (χ2v) is 8.63. The molecule has 0 aromatic rings. The topological polar surface area (TPSA) is 32.7 Å². The van der Waals surface area contributed by atoms with Gasteiger partial charge in [-0.25, -0.2) is 0 Å². The maximum absolute atomic E-state index is 13.2. The molecular weight excluding hydrogens is 340 g/mol. The molecule has 5 heteroatoms. The van der Waals surface area contributed by atoms with Crippen LogP contribution in [-0.2, 0) is 4.79 Å². The number of aliphatic imine (C=N–C) groups is 1. The highest BCUT2D eigenvalue weighted by Crippen LogP contribution is 2.53. The van der Waals surface area contributed by atoms with Gasteiger partial charge in [-0.15, -0.1) is 24.2 Å². The van der Waals surface area contributed by atoms with E-state index in [0.29, 0.717) is 17.9 Å². The first-order valence-electron chi connectivity index (χ1n) is 9.04. The molecule has 0 radical (unpaired) electrons. The van der Waals surface area contributed by atoms with Gasteiger partial charge in [0.05, 0.1) is 16.4 Å². The number of hydrogen-bond acceptors (Lipinski definition) is 3. The van der Waals surface area contributed by atoms with Crippen LogP contribution in [0.1, 0.15) is 38.5 Å². The molecular formula is C19H27ClN2OS. The highest BCUT2D eigenvalue weighted by Gasteiger charge is 2.54. The van der Waals surface area contributed by atoms with Crippen molar-refractivity contribution in [1.29, 1.82) is 0 Å². The Balaban J connectivity index is 0.00000169. The Hall–Kier alpha value is -0.740. The Labute approximate surface area is 155 Å². The van der Waals surface area contributed by atoms with Gasteiger partial charge >= 0.3 is 0 Å². The minimum absolute atomic E-state index is 0. The summed E-state index contributed by atoms with van der Waals surface area (Å²) in [6, 6.07) is 0.469. The van der Waals surface area contributed by atoms with Crippen molar-refractivity contribution in [2.75, 3.05) is 19.3 Å². The second-order valence-electron chi connectivity index (χ2n) is 7.33. The number of amides is 1. The number of allylic oxidation sites excluding steroid dienone is 3. The average molecular weight is 367 g/mol. The molecule has 0 bridgehead atoms. The van der Waals surface area contributed by atoms with Crippen LogP contribution < -0.4 is 0 Å². The molecule has 1 saturated carbocycles. The summed E-state index contributed by atoms with van der Waals surface area (Å²) in [4.78, 5) is 20.0. The van der Waals surface area contributed by atoms with Crippen molar-refractivity contribution < 1.29 is 4.79 Å². The molecule has 3 atom stereocenters. The van der Waals surface area contributed by atoms with Crippen molar-refractivity contribution in [3.8, 4) is 0 Å². The number of rotatable bonds is 2. The first-order valence-corrected chi connectivity index (χ1v) is 10.0. The lowest BCUT2D eigenvalue weighted by Crippen LogP contribution is -2.48. The van der Waals surface area contributed by atoms with E-state index in [2.05, 4.69) is 29.2 Å². The lowest BCUT2D eigenvalue weighted by molar-refractivity contribution is -0.137. The third-order valence-electron chi connectivity index (χ3n) is 6.16. The molecule has 0 aromatic carbocycles. The van der Waals surface area contributed by atoms with Gasteiger partial charge in [0.15, 0.2) is 0 Å². The van der Waals surface area contributed by atoms with Gasteiger partial charge in [0.1, 0.15) is 0 Å². The molecule has 1 saturated heterocycles. The van der Waals surface area contributed by atoms with Gasteiger partial charge in [-0.1, -0.05) is 37.5 Å². The molecule has 4 rings (SSSR count). The molecule has 3 nitrogen and oxygen atoms in total. The van der Waals surface area contributed by atoms with Crippen LogP contribution in [0.4, 0.5) is 0 Å². The fourth-order valence-electron chi connectivity index (χ4n) is 4.82. The van der Waals surface area contributed by atoms with Gasteiger partial charge in [0, 0.05) is 25.4 Å². The van der Waals surface area contributed by atoms with Crippen LogP contribution in [0, 0.1) is 11.8 Å². The summed E-state index contributed by atoms with van der Waals surface area (Å²) in [5.74, 6) is 1.90. The van der Waals surface area contributed by atoms with E-state index in [-0.39, 0.29) is 23.1 Å². The van der Waals surface area contributed by atoms with Crippen molar-refractivity contribution >= 4 is 35.8 Å². The van der Waals surface area contributed by atoms with Gasteiger partial charge in [-0.2, -0.15) is 0 Å². The molecule has 24 heavy (non-hydrogen) atoms. The summed E-state index contributed by atoms with van der Waals surface area (Å²) in [5.41, 5.74) is 1.19. The van der Waals surface area contributed by atoms with Crippen LogP contribution in [0.15, 0.2) is 29.3 Å². The quantitative estimate of drug-likeness (QED) is 0.742. The summed E-state index contributed by atoms with van der Waals surface area (Å²) < 4.78 is -0.0271. The lowest BCUT2D eigenvalue weighted by atomic mass is 9.73. The fourth-order valence-corrected chi connectivity index (χ4v) is 6.60. The van der Waals surface area contributed by atoms with Crippen LogP contribution in [-0.4, -0.2) is 46.7 Å². The van der Waals surface area contributed by atoms with E-state index in [1.165, 1.54) is 37.8 Å². The van der Waals surface area contributed by atoms with E-state index >= 15 is 0 Å². The maximum Gasteiger partial charge on any atom is 0.226 e. The standard InChI is InChI=1S/C19H26N2OS.ClH/c1-21(14-7-3-2-4-8-14)18(22)15-13-23-19-11-6-5-9-17(19)20-12-10-16(15)19;/h5-6,9,11,14-16H,2-4,7-8,10,12-13H2,1H3;1H. The molecule has 2 aliphatic heterocycles. The van der Waals surface area contributed by atoms with Gasteiger partial charge in [-0.3, -0.25) is 9.79 Å². The average Bonchev–Trinajstić information content (AvgIpc) is 2.99. The summed E-state index contributed by atoms with van der Waals surface area (Å²) in [7, 11) is 2.04. The minimum Gasteiger partial charge on any atom is -0.343 e. The number of nitrogens with zero attached hydrogens (tertiary/aromatic N) is 2. The van der Waals surface area contributed by atoms with E-state index in [0.717, 1.165) is 18.7 Å². The van der Waals surface area contributed by atoms with Crippen molar-refractivity contribution in [2.45, 2.75) is 49.3 Å². The van der Waals surface area contributed by atoms with E-state index < -0.39 is 0 Å². The Kier molecular flexibility index (Phi) is 5.45. The van der Waals surface area contributed by atoms with Crippen molar-refractivity contribution in [2.24, 2.45) is 16.8 Å². The van der Waals surface area contributed by atoms with Gasteiger partial charge in [0.25, 0.3) is 0 Å². The number of hydrogen-bond donors (Lipinski definition) is 0. The first-order chi connectivity index (χ1) is 11.2. The van der Waals surface area contributed by atoms with Crippen LogP contribution in [0.3, 0.4) is 0 Å². The molecule has 2 fully saturated rings. The number of halogens is 1. The fraction of sp³-hybridized carbons (Fsp3) is 0.684. The van der Waals surface area contributed by atoms with Gasteiger partial charge in [-0.05, 0) is 31.3 Å². The number of carbonyl (C=O) groups excluding carboxylic acids is 1. The van der Waals surface area contributed by atoms with E-state index in [1.54, 1.807) is 0 Å². The molecule has 1 spiro atoms. The molecule has 0 aromatic heterocycles. The van der Waals surface area contributed by atoms with E-state index in [9.17, 15) is 4.79 Å². The zero-order valence-corrected chi connectivity index (χ0v) is 16.0. The first kappa shape index (κ1) is 18.1. The van der Waals surface area contributed by atoms with Crippen molar-refractivity contribution in [3.63, 3.8) is 0 Å². The van der Waals surface area contributed by atoms with E-state index in [4.69, 9.17) is 4.99 Å². The molecule has 3 unspecified atom stereocenters. The minimum atomic E-state index is -0.0271. The van der Waals surface area contributed by atoms with Crippen molar-refractivity contribution in [3.05, 3.63) is 24.3 Å². The zero-order valence-electron chi connectivity index (χ0n) is 14.3. The van der Waals surface area contributed by atoms with Crippen LogP contribution in [0.25, 0.3) is 0 Å². The lowest BCUT2D eigenvalue weighted by Gasteiger charge is -2.40. The van der Waals surface area contributed by atoms with Crippen LogP contribution in [0.2, 0.25) is 0 Å². The second kappa shape index (κ2) is 7.25.